The molecule has 1 aliphatic carbocycles. The topological polar surface area (TPSA) is 38.1 Å². The fraction of sp³-hybridized carbons (Fsp3) is 0.136. The molecule has 1 spiro atoms. The van der Waals surface area contributed by atoms with Crippen molar-refractivity contribution in [2.24, 2.45) is 4.99 Å². The molecule has 0 saturated heterocycles. The summed E-state index contributed by atoms with van der Waals surface area (Å²) in [6.07, 6.45) is 8.93. The molecule has 1 aromatic carbocycles. The lowest BCUT2D eigenvalue weighted by molar-refractivity contribution is 0.526. The summed E-state index contributed by atoms with van der Waals surface area (Å²) in [6.45, 7) is 0.749. The molecule has 2 aromatic heterocycles. The molecule has 3 aromatic rings. The van der Waals surface area contributed by atoms with Gasteiger partial charge in [-0.15, -0.1) is 0 Å². The van der Waals surface area contributed by atoms with Gasteiger partial charge in [-0.2, -0.15) is 0 Å². The first kappa shape index (κ1) is 14.3. The molecule has 25 heavy (non-hydrogen) atoms. The van der Waals surface area contributed by atoms with Crippen LogP contribution in [0.4, 0.5) is 0 Å². The number of dihydropyridines is 1. The van der Waals surface area contributed by atoms with E-state index >= 15 is 0 Å². The van der Waals surface area contributed by atoms with Crippen molar-refractivity contribution in [2.75, 3.05) is 6.54 Å². The first-order chi connectivity index (χ1) is 12.4. The van der Waals surface area contributed by atoms with Crippen molar-refractivity contribution in [1.82, 2.24) is 9.97 Å². The number of allylic oxidation sites excluding steroid dienone is 1. The second-order valence-electron chi connectivity index (χ2n) is 6.64. The minimum absolute atomic E-state index is 0.131. The lowest BCUT2D eigenvalue weighted by atomic mass is 9.69. The Morgan fingerprint density at radius 2 is 1.84 bits per heavy atom. The summed E-state index contributed by atoms with van der Waals surface area (Å²) < 4.78 is 0. The van der Waals surface area contributed by atoms with E-state index in [-0.39, 0.29) is 5.41 Å². The summed E-state index contributed by atoms with van der Waals surface area (Å²) in [5.41, 5.74) is 6.53. The second kappa shape index (κ2) is 5.49. The van der Waals surface area contributed by atoms with Gasteiger partial charge in [0, 0.05) is 35.4 Å². The molecule has 1 unspecified atom stereocenters. The molecule has 0 fully saturated rings. The number of fused-ring (bicyclic) bond motifs is 4. The van der Waals surface area contributed by atoms with E-state index < -0.39 is 0 Å². The number of rotatable bonds is 1. The Kier molecular flexibility index (Phi) is 3.14. The molecular weight excluding hydrogens is 306 g/mol. The van der Waals surface area contributed by atoms with Gasteiger partial charge in [0.05, 0.1) is 23.6 Å². The van der Waals surface area contributed by atoms with E-state index in [1.165, 1.54) is 5.56 Å². The Balaban J connectivity index is 1.75. The highest BCUT2D eigenvalue weighted by Crippen LogP contribution is 2.44. The first-order valence-electron chi connectivity index (χ1n) is 8.55. The maximum atomic E-state index is 5.05. The predicted octanol–water partition coefficient (Wildman–Crippen LogP) is 4.25. The molecule has 0 N–H and O–H groups in total. The Labute approximate surface area is 146 Å². The van der Waals surface area contributed by atoms with Crippen LogP contribution in [0.5, 0.6) is 0 Å². The molecule has 5 rings (SSSR count). The van der Waals surface area contributed by atoms with E-state index in [1.54, 1.807) is 0 Å². The largest absolute Gasteiger partial charge is 0.292 e. The van der Waals surface area contributed by atoms with Gasteiger partial charge in [0.25, 0.3) is 0 Å². The summed E-state index contributed by atoms with van der Waals surface area (Å²) in [6, 6.07) is 18.8. The molecule has 3 heterocycles. The average Bonchev–Trinajstić information content (AvgIpc) is 2.69. The zero-order valence-corrected chi connectivity index (χ0v) is 13.8. The fourth-order valence-corrected chi connectivity index (χ4v) is 3.87. The van der Waals surface area contributed by atoms with Gasteiger partial charge in [-0.3, -0.25) is 9.98 Å². The summed E-state index contributed by atoms with van der Waals surface area (Å²) in [5, 5.41) is 0. The Bertz CT molecular complexity index is 1000. The van der Waals surface area contributed by atoms with Gasteiger partial charge in [-0.05, 0) is 29.8 Å². The lowest BCUT2D eigenvalue weighted by Crippen LogP contribution is -2.36. The standard InChI is InChI=1S/C22H17N3/c1-2-6-16(7-3-1)19-10-9-18-21(25-19)17-8-4-13-24-20(17)14-22(18)11-5-12-23-15-22/h1-13H,14-15H2. The van der Waals surface area contributed by atoms with Crippen molar-refractivity contribution >= 4 is 6.21 Å². The summed E-state index contributed by atoms with van der Waals surface area (Å²) >= 11 is 0. The number of benzene rings is 1. The molecule has 3 heteroatoms. The number of hydrogen-bond acceptors (Lipinski definition) is 3. The van der Waals surface area contributed by atoms with Crippen LogP contribution in [0.15, 0.2) is 77.9 Å². The number of aromatic nitrogens is 2. The summed E-state index contributed by atoms with van der Waals surface area (Å²) in [4.78, 5) is 14.2. The van der Waals surface area contributed by atoms with Crippen LogP contribution in [-0.2, 0) is 11.8 Å². The van der Waals surface area contributed by atoms with Crippen molar-refractivity contribution in [3.63, 3.8) is 0 Å². The van der Waals surface area contributed by atoms with Gasteiger partial charge in [-0.1, -0.05) is 42.5 Å². The van der Waals surface area contributed by atoms with Crippen LogP contribution in [-0.4, -0.2) is 22.7 Å². The zero-order chi connectivity index (χ0) is 16.7. The van der Waals surface area contributed by atoms with Gasteiger partial charge < -0.3 is 0 Å². The molecule has 3 nitrogen and oxygen atoms in total. The van der Waals surface area contributed by atoms with Crippen molar-refractivity contribution in [1.29, 1.82) is 0 Å². The maximum absolute atomic E-state index is 5.05. The number of nitrogens with zero attached hydrogens (tertiary/aromatic N) is 3. The molecule has 0 saturated carbocycles. The zero-order valence-electron chi connectivity index (χ0n) is 13.8. The van der Waals surface area contributed by atoms with Crippen LogP contribution < -0.4 is 0 Å². The average molecular weight is 323 g/mol. The van der Waals surface area contributed by atoms with Crippen LogP contribution in [0.25, 0.3) is 22.5 Å². The third-order valence-corrected chi connectivity index (χ3v) is 5.11. The Morgan fingerprint density at radius 1 is 0.920 bits per heavy atom. The monoisotopic (exact) mass is 323 g/mol. The van der Waals surface area contributed by atoms with Crippen molar-refractivity contribution in [3.05, 3.63) is 84.2 Å². The molecular formula is C22H17N3. The third kappa shape index (κ3) is 2.23. The molecule has 120 valence electrons. The van der Waals surface area contributed by atoms with Crippen LogP contribution in [0, 0.1) is 0 Å². The molecule has 0 bridgehead atoms. The molecule has 1 aliphatic heterocycles. The van der Waals surface area contributed by atoms with Crippen molar-refractivity contribution in [3.8, 4) is 22.5 Å². The van der Waals surface area contributed by atoms with E-state index in [1.807, 2.05) is 42.8 Å². The summed E-state index contributed by atoms with van der Waals surface area (Å²) in [7, 11) is 0. The van der Waals surface area contributed by atoms with E-state index in [4.69, 9.17) is 4.98 Å². The number of aliphatic imine (C=N–C) groups is 1. The van der Waals surface area contributed by atoms with Gasteiger partial charge >= 0.3 is 0 Å². The van der Waals surface area contributed by atoms with E-state index in [9.17, 15) is 0 Å². The van der Waals surface area contributed by atoms with E-state index in [2.05, 4.69) is 46.4 Å². The second-order valence-corrected chi connectivity index (χ2v) is 6.64. The van der Waals surface area contributed by atoms with Crippen LogP contribution in [0.3, 0.4) is 0 Å². The van der Waals surface area contributed by atoms with E-state index in [0.717, 1.165) is 41.2 Å². The Morgan fingerprint density at radius 3 is 2.68 bits per heavy atom. The normalized spacial score (nSPS) is 20.3. The maximum Gasteiger partial charge on any atom is 0.0769 e. The minimum Gasteiger partial charge on any atom is -0.292 e. The SMILES string of the molecule is C1=CC2(CN=C1)Cc1ncccc1-c1nc(-c3ccccc3)ccc12. The molecule has 1 atom stereocenters. The van der Waals surface area contributed by atoms with Crippen molar-refractivity contribution < 1.29 is 0 Å². The quantitative estimate of drug-likeness (QED) is 0.671. The Hall–Kier alpha value is -3.07. The highest BCUT2D eigenvalue weighted by atomic mass is 14.8. The molecule has 0 amide bonds. The smallest absolute Gasteiger partial charge is 0.0769 e. The highest BCUT2D eigenvalue weighted by Gasteiger charge is 2.39. The molecule has 2 aliphatic rings. The van der Waals surface area contributed by atoms with Crippen LogP contribution in [0.1, 0.15) is 11.3 Å². The minimum atomic E-state index is -0.131. The van der Waals surface area contributed by atoms with Crippen molar-refractivity contribution in [2.45, 2.75) is 11.8 Å². The molecule has 0 radical (unpaired) electrons. The number of pyridine rings is 2. The van der Waals surface area contributed by atoms with Crippen LogP contribution in [0.2, 0.25) is 0 Å². The van der Waals surface area contributed by atoms with Gasteiger partial charge in [0.15, 0.2) is 0 Å². The van der Waals surface area contributed by atoms with E-state index in [0.29, 0.717) is 0 Å². The predicted molar refractivity (Wildman–Crippen MR) is 101 cm³/mol. The first-order valence-corrected chi connectivity index (χ1v) is 8.55. The van der Waals surface area contributed by atoms with Gasteiger partial charge in [-0.25, -0.2) is 4.98 Å². The fourth-order valence-electron chi connectivity index (χ4n) is 3.87. The highest BCUT2D eigenvalue weighted by molar-refractivity contribution is 5.78. The number of hydrogen-bond donors (Lipinski definition) is 0. The van der Waals surface area contributed by atoms with Gasteiger partial charge in [0.1, 0.15) is 0 Å². The summed E-state index contributed by atoms with van der Waals surface area (Å²) in [5.74, 6) is 0. The van der Waals surface area contributed by atoms with Gasteiger partial charge in [0.2, 0.25) is 0 Å². The van der Waals surface area contributed by atoms with Crippen LogP contribution >= 0.6 is 0 Å². The lowest BCUT2D eigenvalue weighted by Gasteiger charge is -2.36. The third-order valence-electron chi connectivity index (χ3n) is 5.11.